The molecular weight excluding hydrogens is 368 g/mol. The van der Waals surface area contributed by atoms with Crippen molar-refractivity contribution >= 4 is 16.9 Å². The molecule has 0 aliphatic heterocycles. The van der Waals surface area contributed by atoms with E-state index in [4.69, 9.17) is 9.47 Å². The normalized spacial score (nSPS) is 14.6. The molecule has 3 aromatic rings. The van der Waals surface area contributed by atoms with Crippen molar-refractivity contribution in [2.24, 2.45) is 7.05 Å². The van der Waals surface area contributed by atoms with Gasteiger partial charge in [-0.25, -0.2) is 0 Å². The number of rotatable bonds is 7. The van der Waals surface area contributed by atoms with Gasteiger partial charge in [-0.05, 0) is 50.5 Å². The highest BCUT2D eigenvalue weighted by molar-refractivity contribution is 5.81. The number of pyridine rings is 1. The molecule has 7 heteroatoms. The summed E-state index contributed by atoms with van der Waals surface area (Å²) in [6.45, 7) is 3.79. The van der Waals surface area contributed by atoms with Gasteiger partial charge >= 0.3 is 0 Å². The van der Waals surface area contributed by atoms with Gasteiger partial charge in [-0.2, -0.15) is 10.1 Å². The summed E-state index contributed by atoms with van der Waals surface area (Å²) in [5, 5.41) is 8.65. The third kappa shape index (κ3) is 4.04. The Morgan fingerprint density at radius 2 is 2.03 bits per heavy atom. The van der Waals surface area contributed by atoms with Gasteiger partial charge in [-0.3, -0.25) is 9.48 Å². The summed E-state index contributed by atoms with van der Waals surface area (Å²) in [6.07, 6.45) is 2.38. The predicted octanol–water partition coefficient (Wildman–Crippen LogP) is 3.42. The third-order valence-electron chi connectivity index (χ3n) is 5.28. The lowest BCUT2D eigenvalue weighted by Gasteiger charge is -2.15. The number of hydrogen-bond acceptors (Lipinski definition) is 5. The quantitative estimate of drug-likeness (QED) is 0.664. The van der Waals surface area contributed by atoms with Crippen molar-refractivity contribution in [2.75, 3.05) is 13.7 Å². The van der Waals surface area contributed by atoms with Crippen molar-refractivity contribution in [1.29, 1.82) is 0 Å². The first-order valence-electron chi connectivity index (χ1n) is 9.86. The summed E-state index contributed by atoms with van der Waals surface area (Å²) in [5.41, 5.74) is 3.82. The van der Waals surface area contributed by atoms with E-state index in [0.717, 1.165) is 33.6 Å². The number of aryl methyl sites for hydroxylation is 2. The molecule has 1 fully saturated rings. The van der Waals surface area contributed by atoms with Crippen molar-refractivity contribution in [3.05, 3.63) is 47.2 Å². The van der Waals surface area contributed by atoms with E-state index < -0.39 is 0 Å². The molecule has 1 atom stereocenters. The molecule has 0 spiro atoms. The van der Waals surface area contributed by atoms with Crippen molar-refractivity contribution in [3.8, 4) is 11.6 Å². The van der Waals surface area contributed by atoms with Crippen LogP contribution in [0.25, 0.3) is 11.0 Å². The molecule has 0 bridgehead atoms. The summed E-state index contributed by atoms with van der Waals surface area (Å²) in [7, 11) is 3.52. The first kappa shape index (κ1) is 19.2. The maximum atomic E-state index is 12.4. The molecule has 1 aliphatic rings. The van der Waals surface area contributed by atoms with Gasteiger partial charge in [0.15, 0.2) is 12.3 Å². The van der Waals surface area contributed by atoms with E-state index in [0.29, 0.717) is 11.8 Å². The minimum Gasteiger partial charge on any atom is -0.497 e. The van der Waals surface area contributed by atoms with E-state index in [-0.39, 0.29) is 18.6 Å². The van der Waals surface area contributed by atoms with E-state index in [1.54, 1.807) is 11.8 Å². The van der Waals surface area contributed by atoms with E-state index in [2.05, 4.69) is 21.5 Å². The van der Waals surface area contributed by atoms with Crippen LogP contribution < -0.4 is 14.8 Å². The van der Waals surface area contributed by atoms with Gasteiger partial charge in [0.25, 0.3) is 5.91 Å². The van der Waals surface area contributed by atoms with Crippen LogP contribution in [0.3, 0.4) is 0 Å². The van der Waals surface area contributed by atoms with Crippen LogP contribution >= 0.6 is 0 Å². The number of ether oxygens (including phenoxy) is 2. The molecule has 1 N–H and O–H groups in total. The number of nitrogens with one attached hydrogen (secondary N) is 1. The Kier molecular flexibility index (Phi) is 5.13. The van der Waals surface area contributed by atoms with Crippen LogP contribution in [0, 0.1) is 6.92 Å². The molecule has 152 valence electrons. The zero-order valence-electron chi connectivity index (χ0n) is 17.2. The Hall–Kier alpha value is -3.09. The number of carbonyl (C=O) groups is 1. The lowest BCUT2D eigenvalue weighted by molar-refractivity contribution is -0.123. The average molecular weight is 394 g/mol. The Morgan fingerprint density at radius 1 is 1.31 bits per heavy atom. The lowest BCUT2D eigenvalue weighted by Crippen LogP contribution is -2.31. The first-order chi connectivity index (χ1) is 14.0. The molecule has 4 rings (SSSR count). The number of amides is 1. The second kappa shape index (κ2) is 7.73. The highest BCUT2D eigenvalue weighted by atomic mass is 16.5. The molecule has 0 unspecified atom stereocenters. The van der Waals surface area contributed by atoms with Crippen LogP contribution in [0.15, 0.2) is 30.3 Å². The van der Waals surface area contributed by atoms with Crippen LogP contribution in [0.2, 0.25) is 0 Å². The molecule has 2 heterocycles. The average Bonchev–Trinajstić information content (AvgIpc) is 3.51. The predicted molar refractivity (Wildman–Crippen MR) is 110 cm³/mol. The van der Waals surface area contributed by atoms with Gasteiger partial charge in [0, 0.05) is 23.9 Å². The fourth-order valence-corrected chi connectivity index (χ4v) is 3.48. The minimum absolute atomic E-state index is 0.0901. The lowest BCUT2D eigenvalue weighted by atomic mass is 10.1. The van der Waals surface area contributed by atoms with Crippen molar-refractivity contribution in [1.82, 2.24) is 20.1 Å². The van der Waals surface area contributed by atoms with Crippen LogP contribution in [-0.4, -0.2) is 34.4 Å². The molecule has 0 saturated heterocycles. The van der Waals surface area contributed by atoms with Gasteiger partial charge < -0.3 is 14.8 Å². The SMILES string of the molecule is COc1ccc([C@H](C)NC(=O)COc2nc3c(cc2C)c(C2CC2)nn3C)cc1. The molecule has 1 amide bonds. The Balaban J connectivity index is 1.41. The summed E-state index contributed by atoms with van der Waals surface area (Å²) in [6, 6.07) is 9.55. The molecular formula is C22H26N4O3. The van der Waals surface area contributed by atoms with Crippen LogP contribution in [0.1, 0.15) is 48.5 Å². The standard InChI is InChI=1S/C22H26N4O3/c1-13-11-18-20(16-5-6-16)25-26(3)21(18)24-22(13)29-12-19(27)23-14(2)15-7-9-17(28-4)10-8-15/h7-11,14,16H,5-6,12H2,1-4H3,(H,23,27)/t14-/m0/s1. The Morgan fingerprint density at radius 3 is 2.69 bits per heavy atom. The van der Waals surface area contributed by atoms with E-state index in [1.807, 2.05) is 45.2 Å². The summed E-state index contributed by atoms with van der Waals surface area (Å²) in [5.74, 6) is 1.61. The van der Waals surface area contributed by atoms with E-state index in [9.17, 15) is 4.79 Å². The fourth-order valence-electron chi connectivity index (χ4n) is 3.48. The number of aromatic nitrogens is 3. The maximum Gasteiger partial charge on any atom is 0.258 e. The van der Waals surface area contributed by atoms with Gasteiger partial charge in [0.05, 0.1) is 18.8 Å². The van der Waals surface area contributed by atoms with Crippen molar-refractivity contribution in [3.63, 3.8) is 0 Å². The zero-order chi connectivity index (χ0) is 20.5. The molecule has 7 nitrogen and oxygen atoms in total. The summed E-state index contributed by atoms with van der Waals surface area (Å²) in [4.78, 5) is 17.0. The molecule has 0 radical (unpaired) electrons. The summed E-state index contributed by atoms with van der Waals surface area (Å²) >= 11 is 0. The number of hydrogen-bond donors (Lipinski definition) is 1. The topological polar surface area (TPSA) is 78.3 Å². The highest BCUT2D eigenvalue weighted by Crippen LogP contribution is 2.42. The summed E-state index contributed by atoms with van der Waals surface area (Å²) < 4.78 is 12.7. The fraction of sp³-hybridized carbons (Fsp3) is 0.409. The molecule has 1 aliphatic carbocycles. The molecule has 29 heavy (non-hydrogen) atoms. The van der Waals surface area contributed by atoms with Gasteiger partial charge in [-0.1, -0.05) is 12.1 Å². The van der Waals surface area contributed by atoms with Gasteiger partial charge in [-0.15, -0.1) is 0 Å². The number of carbonyl (C=O) groups excluding carboxylic acids is 1. The van der Waals surface area contributed by atoms with Crippen LogP contribution in [0.5, 0.6) is 11.6 Å². The van der Waals surface area contributed by atoms with Gasteiger partial charge in [0.2, 0.25) is 5.88 Å². The largest absolute Gasteiger partial charge is 0.497 e. The van der Waals surface area contributed by atoms with Crippen LogP contribution in [0.4, 0.5) is 0 Å². The van der Waals surface area contributed by atoms with Crippen molar-refractivity contribution < 1.29 is 14.3 Å². The number of fused-ring (bicyclic) bond motifs is 1. The number of methoxy groups -OCH3 is 1. The third-order valence-corrected chi connectivity index (χ3v) is 5.28. The monoisotopic (exact) mass is 394 g/mol. The first-order valence-corrected chi connectivity index (χ1v) is 9.86. The second-order valence-electron chi connectivity index (χ2n) is 7.62. The van der Waals surface area contributed by atoms with E-state index >= 15 is 0 Å². The number of nitrogens with zero attached hydrogens (tertiary/aromatic N) is 3. The Bertz CT molecular complexity index is 1040. The Labute approximate surface area is 170 Å². The smallest absolute Gasteiger partial charge is 0.258 e. The van der Waals surface area contributed by atoms with Crippen molar-refractivity contribution in [2.45, 2.75) is 38.6 Å². The highest BCUT2D eigenvalue weighted by Gasteiger charge is 2.29. The minimum atomic E-state index is -0.196. The molecule has 2 aromatic heterocycles. The second-order valence-corrected chi connectivity index (χ2v) is 7.62. The molecule has 1 saturated carbocycles. The van der Waals surface area contributed by atoms with Crippen LogP contribution in [-0.2, 0) is 11.8 Å². The zero-order valence-corrected chi connectivity index (χ0v) is 17.2. The number of benzene rings is 1. The van der Waals surface area contributed by atoms with Gasteiger partial charge in [0.1, 0.15) is 5.75 Å². The maximum absolute atomic E-state index is 12.4. The van der Waals surface area contributed by atoms with E-state index in [1.165, 1.54) is 12.8 Å². The molecule has 1 aromatic carbocycles.